The molecule has 2 amide bonds. The zero-order valence-electron chi connectivity index (χ0n) is 22.8. The van der Waals surface area contributed by atoms with Gasteiger partial charge in [-0.3, -0.25) is 14.6 Å². The maximum atomic E-state index is 14.0. The Morgan fingerprint density at radius 2 is 1.79 bits per heavy atom. The van der Waals surface area contributed by atoms with Crippen molar-refractivity contribution in [2.24, 2.45) is 0 Å². The van der Waals surface area contributed by atoms with E-state index in [0.717, 1.165) is 12.8 Å². The molecule has 222 valence electrons. The highest BCUT2D eigenvalue weighted by Crippen LogP contribution is 2.41. The van der Waals surface area contributed by atoms with Gasteiger partial charge in [-0.2, -0.15) is 0 Å². The lowest BCUT2D eigenvalue weighted by atomic mass is 9.90. The van der Waals surface area contributed by atoms with Crippen LogP contribution in [-0.4, -0.2) is 66.8 Å². The number of hydrogen-bond donors (Lipinski definition) is 1. The summed E-state index contributed by atoms with van der Waals surface area (Å²) >= 11 is 0. The standard InChI is InChI=1S/C29H31FN4O7S/c30-22-6-10-24(11-7-22)40-23-8-4-21(5-9-23)29(19-26(35)33-41-27-3-1-2-17-39-27)12-15-34(16-18-42(29,37)38)28(36)25-20-31-13-14-32-25/h4-11,13-14,20,27H,1-3,12,15-19H2,(H,33,35). The number of hydrogen-bond acceptors (Lipinski definition) is 9. The van der Waals surface area contributed by atoms with E-state index in [4.69, 9.17) is 14.3 Å². The number of amides is 2. The third-order valence-electron chi connectivity index (χ3n) is 7.40. The topological polar surface area (TPSA) is 137 Å². The first kappa shape index (κ1) is 29.5. The Kier molecular flexibility index (Phi) is 9.09. The van der Waals surface area contributed by atoms with Gasteiger partial charge in [0, 0.05) is 38.5 Å². The van der Waals surface area contributed by atoms with Crippen molar-refractivity contribution >= 4 is 21.7 Å². The molecule has 0 saturated carbocycles. The number of aromatic nitrogens is 2. The van der Waals surface area contributed by atoms with Gasteiger partial charge in [-0.05, 0) is 61.2 Å². The van der Waals surface area contributed by atoms with Crippen LogP contribution >= 0.6 is 0 Å². The lowest BCUT2D eigenvalue weighted by molar-refractivity contribution is -0.200. The van der Waals surface area contributed by atoms with Crippen LogP contribution in [0.2, 0.25) is 0 Å². The number of sulfone groups is 1. The molecule has 42 heavy (non-hydrogen) atoms. The minimum atomic E-state index is -4.00. The molecule has 2 unspecified atom stereocenters. The maximum absolute atomic E-state index is 14.0. The summed E-state index contributed by atoms with van der Waals surface area (Å²) in [6, 6.07) is 11.9. The van der Waals surface area contributed by atoms with Crippen LogP contribution in [0, 0.1) is 5.82 Å². The number of nitrogens with zero attached hydrogens (tertiary/aromatic N) is 3. The fourth-order valence-electron chi connectivity index (χ4n) is 5.10. The number of nitrogens with one attached hydrogen (secondary N) is 1. The van der Waals surface area contributed by atoms with Crippen LogP contribution in [0.5, 0.6) is 11.5 Å². The molecule has 13 heteroatoms. The third-order valence-corrected chi connectivity index (χ3v) is 9.89. The second kappa shape index (κ2) is 12.9. The van der Waals surface area contributed by atoms with Crippen molar-refractivity contribution in [3.05, 3.63) is 84.2 Å². The van der Waals surface area contributed by atoms with E-state index in [2.05, 4.69) is 15.4 Å². The Morgan fingerprint density at radius 1 is 1.05 bits per heavy atom. The lowest BCUT2D eigenvalue weighted by Crippen LogP contribution is -2.43. The molecule has 2 aliphatic heterocycles. The van der Waals surface area contributed by atoms with Crippen LogP contribution in [0.15, 0.2) is 67.1 Å². The average molecular weight is 599 g/mol. The summed E-state index contributed by atoms with van der Waals surface area (Å²) in [5, 5.41) is 0. The number of carbonyl (C=O) groups excluding carboxylic acids is 2. The van der Waals surface area contributed by atoms with Crippen LogP contribution in [0.3, 0.4) is 0 Å². The van der Waals surface area contributed by atoms with Gasteiger partial charge in [0.1, 0.15) is 27.8 Å². The summed E-state index contributed by atoms with van der Waals surface area (Å²) in [4.78, 5) is 41.2. The van der Waals surface area contributed by atoms with Gasteiger partial charge in [0.25, 0.3) is 5.91 Å². The molecule has 0 radical (unpaired) electrons. The molecule has 5 rings (SSSR count). The number of rotatable bonds is 8. The predicted molar refractivity (Wildman–Crippen MR) is 148 cm³/mol. The van der Waals surface area contributed by atoms with Gasteiger partial charge in [0.05, 0.1) is 18.4 Å². The predicted octanol–water partition coefficient (Wildman–Crippen LogP) is 3.53. The number of ether oxygens (including phenoxy) is 2. The second-order valence-electron chi connectivity index (χ2n) is 10.1. The monoisotopic (exact) mass is 598 g/mol. The Morgan fingerprint density at radius 3 is 2.45 bits per heavy atom. The summed E-state index contributed by atoms with van der Waals surface area (Å²) in [7, 11) is -4.00. The first-order valence-corrected chi connectivity index (χ1v) is 15.3. The number of halogens is 1. The van der Waals surface area contributed by atoms with Crippen molar-refractivity contribution in [1.29, 1.82) is 0 Å². The average Bonchev–Trinajstić information content (AvgIpc) is 3.14. The van der Waals surface area contributed by atoms with Gasteiger partial charge in [0.15, 0.2) is 16.1 Å². The van der Waals surface area contributed by atoms with Gasteiger partial charge < -0.3 is 14.4 Å². The Labute approximate surface area is 242 Å². The van der Waals surface area contributed by atoms with Crippen molar-refractivity contribution in [2.45, 2.75) is 43.1 Å². The molecule has 0 aliphatic carbocycles. The van der Waals surface area contributed by atoms with Crippen molar-refractivity contribution in [3.63, 3.8) is 0 Å². The van der Waals surface area contributed by atoms with Crippen LogP contribution in [0.25, 0.3) is 0 Å². The van der Waals surface area contributed by atoms with E-state index in [1.165, 1.54) is 47.8 Å². The van der Waals surface area contributed by atoms with E-state index in [0.29, 0.717) is 30.1 Å². The molecule has 1 N–H and O–H groups in total. The summed E-state index contributed by atoms with van der Waals surface area (Å²) in [6.07, 6.45) is 5.47. The Bertz CT molecular complexity index is 1480. The SMILES string of the molecule is O=C(CC1(c2ccc(Oc3ccc(F)cc3)cc2)CCN(C(=O)c2cnccn2)CCS1(=O)=O)NOC1CCCCO1. The second-order valence-corrected chi connectivity index (χ2v) is 12.6. The first-order chi connectivity index (χ1) is 20.3. The van der Waals surface area contributed by atoms with Crippen molar-refractivity contribution in [1.82, 2.24) is 20.3 Å². The molecular weight excluding hydrogens is 567 g/mol. The quantitative estimate of drug-likeness (QED) is 0.386. The van der Waals surface area contributed by atoms with Crippen molar-refractivity contribution < 1.29 is 36.7 Å². The van der Waals surface area contributed by atoms with E-state index < -0.39 is 44.9 Å². The largest absolute Gasteiger partial charge is 0.457 e. The summed E-state index contributed by atoms with van der Waals surface area (Å²) in [5.74, 6) is -1.05. The highest BCUT2D eigenvalue weighted by molar-refractivity contribution is 7.92. The maximum Gasteiger partial charge on any atom is 0.274 e. The molecule has 0 spiro atoms. The Hall–Kier alpha value is -3.94. The molecule has 2 aromatic carbocycles. The molecule has 11 nitrogen and oxygen atoms in total. The molecular formula is C29H31FN4O7S. The third kappa shape index (κ3) is 6.75. The van der Waals surface area contributed by atoms with Crippen LogP contribution in [0.1, 0.15) is 48.2 Å². The summed E-state index contributed by atoms with van der Waals surface area (Å²) in [5.41, 5.74) is 2.85. The molecule has 2 aliphatic rings. The van der Waals surface area contributed by atoms with E-state index in [1.807, 2.05) is 0 Å². The highest BCUT2D eigenvalue weighted by Gasteiger charge is 2.49. The molecule has 3 aromatic rings. The van der Waals surface area contributed by atoms with E-state index in [1.54, 1.807) is 24.3 Å². The Balaban J connectivity index is 1.41. The van der Waals surface area contributed by atoms with E-state index in [-0.39, 0.29) is 31.0 Å². The molecule has 1 aromatic heterocycles. The van der Waals surface area contributed by atoms with Gasteiger partial charge in [0.2, 0.25) is 5.91 Å². The van der Waals surface area contributed by atoms with Crippen LogP contribution in [-0.2, 0) is 29.0 Å². The normalized spacial score (nSPS) is 22.1. The molecule has 2 fully saturated rings. The van der Waals surface area contributed by atoms with E-state index >= 15 is 0 Å². The zero-order valence-corrected chi connectivity index (χ0v) is 23.6. The molecule has 0 bridgehead atoms. The van der Waals surface area contributed by atoms with Gasteiger partial charge in [-0.15, -0.1) is 0 Å². The van der Waals surface area contributed by atoms with Crippen molar-refractivity contribution in [2.75, 3.05) is 25.4 Å². The first-order valence-electron chi connectivity index (χ1n) is 13.6. The number of hydroxylamine groups is 1. The van der Waals surface area contributed by atoms with Crippen LogP contribution < -0.4 is 10.2 Å². The molecule has 2 saturated heterocycles. The van der Waals surface area contributed by atoms with Gasteiger partial charge >= 0.3 is 0 Å². The smallest absolute Gasteiger partial charge is 0.274 e. The minimum Gasteiger partial charge on any atom is -0.457 e. The molecule has 2 atom stereocenters. The van der Waals surface area contributed by atoms with Crippen molar-refractivity contribution in [3.8, 4) is 11.5 Å². The number of benzene rings is 2. The summed E-state index contributed by atoms with van der Waals surface area (Å²) in [6.45, 7) is 0.502. The van der Waals surface area contributed by atoms with Gasteiger partial charge in [-0.25, -0.2) is 28.1 Å². The van der Waals surface area contributed by atoms with Crippen LogP contribution in [0.4, 0.5) is 4.39 Å². The van der Waals surface area contributed by atoms with E-state index in [9.17, 15) is 22.4 Å². The summed E-state index contributed by atoms with van der Waals surface area (Å²) < 4.78 is 50.9. The zero-order chi connectivity index (χ0) is 29.6. The minimum absolute atomic E-state index is 0.0488. The lowest BCUT2D eigenvalue weighted by Gasteiger charge is -2.32. The fraction of sp³-hybridized carbons (Fsp3) is 0.379. The van der Waals surface area contributed by atoms with Gasteiger partial charge in [-0.1, -0.05) is 12.1 Å². The molecule has 3 heterocycles. The fourth-order valence-corrected chi connectivity index (χ4v) is 7.20. The highest BCUT2D eigenvalue weighted by atomic mass is 32.2. The number of carbonyl (C=O) groups is 2.